The summed E-state index contributed by atoms with van der Waals surface area (Å²) in [5, 5.41) is 11.2. The second-order valence-corrected chi connectivity index (χ2v) is 10.5. The summed E-state index contributed by atoms with van der Waals surface area (Å²) in [5.41, 5.74) is -0.590. The number of pyridine rings is 1. The minimum Gasteiger partial charge on any atom is -0.508 e. The maximum Gasteiger partial charge on any atom is 0.416 e. The molecule has 0 radical (unpaired) electrons. The van der Waals surface area contributed by atoms with Crippen LogP contribution in [-0.4, -0.2) is 51.5 Å². The monoisotopic (exact) mass is 659 g/mol. The Morgan fingerprint density at radius 2 is 1.55 bits per heavy atom. The van der Waals surface area contributed by atoms with E-state index in [-0.39, 0.29) is 49.6 Å². The first-order chi connectivity index (χ1) is 19.8. The predicted octanol–water partition coefficient (Wildman–Crippen LogP) is 7.70. The Morgan fingerprint density at radius 1 is 0.886 bits per heavy atom. The molecule has 1 N–H and O–H groups in total. The number of rotatable bonds is 5. The van der Waals surface area contributed by atoms with Gasteiger partial charge in [0.1, 0.15) is 5.75 Å². The lowest BCUT2D eigenvalue weighted by atomic mass is 9.98. The summed E-state index contributed by atoms with van der Waals surface area (Å²) in [6.07, 6.45) is -8.19. The lowest BCUT2D eigenvalue weighted by Crippen LogP contribution is -2.55. The number of aromatic hydroxyl groups is 1. The topological polar surface area (TPSA) is 56.7 Å². The molecule has 4 aromatic rings. The molecule has 0 aliphatic carbocycles. The second-order valence-electron chi connectivity index (χ2n) is 10.5. The second kappa shape index (κ2) is 13.6. The molecule has 1 fully saturated rings. The number of phenols is 1. The molecule has 5 nitrogen and oxygen atoms in total. The highest BCUT2D eigenvalue weighted by molar-refractivity contribution is 5.95. The van der Waals surface area contributed by atoms with E-state index in [0.717, 1.165) is 16.5 Å². The molecule has 0 bridgehead atoms. The molecule has 236 valence electrons. The molecule has 44 heavy (non-hydrogen) atoms. The summed E-state index contributed by atoms with van der Waals surface area (Å²) in [6.45, 7) is 3.01. The van der Waals surface area contributed by atoms with Crippen molar-refractivity contribution in [3.63, 3.8) is 0 Å². The number of aromatic nitrogens is 1. The normalized spacial score (nSPS) is 15.9. The number of aryl methyl sites for hydroxylation is 1. The maximum atomic E-state index is 13.6. The lowest BCUT2D eigenvalue weighted by Gasteiger charge is -2.42. The number of fused-ring (bicyclic) bond motifs is 1. The van der Waals surface area contributed by atoms with Crippen LogP contribution in [0.25, 0.3) is 10.9 Å². The SMILES string of the molecule is Cc1ccc(C[C@@H]2CN(Cc3ccc4ncccc4c3)CCN2C(=O)c2cc(C(F)(F)F)cc(C(F)(F)F)c2)cc1O.Cl.Cl. The largest absolute Gasteiger partial charge is 0.508 e. The smallest absolute Gasteiger partial charge is 0.416 e. The van der Waals surface area contributed by atoms with Crippen LogP contribution in [0.15, 0.2) is 72.9 Å². The third kappa shape index (κ3) is 7.94. The molecule has 3 aromatic carbocycles. The van der Waals surface area contributed by atoms with Crippen LogP contribution < -0.4 is 0 Å². The number of piperazine rings is 1. The van der Waals surface area contributed by atoms with E-state index >= 15 is 0 Å². The highest BCUT2D eigenvalue weighted by Crippen LogP contribution is 2.37. The Kier molecular flexibility index (Phi) is 10.8. The first-order valence-electron chi connectivity index (χ1n) is 13.2. The van der Waals surface area contributed by atoms with Crippen LogP contribution in [0.3, 0.4) is 0 Å². The number of benzene rings is 3. The summed E-state index contributed by atoms with van der Waals surface area (Å²) >= 11 is 0. The van der Waals surface area contributed by atoms with Crippen LogP contribution in [0.1, 0.15) is 38.2 Å². The number of hydrogen-bond donors (Lipinski definition) is 1. The molecule has 2 heterocycles. The summed E-state index contributed by atoms with van der Waals surface area (Å²) in [7, 11) is 0. The Labute approximate surface area is 262 Å². The van der Waals surface area contributed by atoms with E-state index in [1.165, 1.54) is 4.90 Å². The number of amides is 1. The zero-order valence-electron chi connectivity index (χ0n) is 23.3. The van der Waals surface area contributed by atoms with Crippen molar-refractivity contribution in [1.29, 1.82) is 0 Å². The van der Waals surface area contributed by atoms with E-state index in [9.17, 15) is 36.2 Å². The Morgan fingerprint density at radius 3 is 2.18 bits per heavy atom. The minimum atomic E-state index is -5.07. The van der Waals surface area contributed by atoms with Crippen molar-refractivity contribution in [3.05, 3.63) is 106 Å². The molecule has 0 spiro atoms. The molecule has 13 heteroatoms. The quantitative estimate of drug-likeness (QED) is 0.223. The summed E-state index contributed by atoms with van der Waals surface area (Å²) in [4.78, 5) is 21.4. The highest BCUT2D eigenvalue weighted by atomic mass is 35.5. The van der Waals surface area contributed by atoms with Gasteiger partial charge < -0.3 is 10.0 Å². The Balaban J connectivity index is 0.00000264. The number of carbonyl (C=O) groups excluding carboxylic acids is 1. The van der Waals surface area contributed by atoms with E-state index in [1.807, 2.05) is 30.3 Å². The lowest BCUT2D eigenvalue weighted by molar-refractivity contribution is -0.143. The summed E-state index contributed by atoms with van der Waals surface area (Å²) < 4.78 is 81.0. The van der Waals surface area contributed by atoms with Crippen LogP contribution >= 0.6 is 24.8 Å². The van der Waals surface area contributed by atoms with Gasteiger partial charge in [-0.3, -0.25) is 14.7 Å². The highest BCUT2D eigenvalue weighted by Gasteiger charge is 2.39. The minimum absolute atomic E-state index is 0. The number of hydrogen-bond acceptors (Lipinski definition) is 4. The van der Waals surface area contributed by atoms with E-state index in [0.29, 0.717) is 42.9 Å². The molecule has 0 unspecified atom stereocenters. The fraction of sp³-hybridized carbons (Fsp3) is 0.290. The molecule has 0 saturated carbocycles. The molecule has 1 atom stereocenters. The molecule has 1 aliphatic rings. The molecule has 1 aromatic heterocycles. The summed E-state index contributed by atoms with van der Waals surface area (Å²) in [6, 6.07) is 15.1. The number of carbonyl (C=O) groups is 1. The maximum absolute atomic E-state index is 13.6. The standard InChI is InChI=1S/C31H27F6N3O2.2ClH/c1-19-4-5-20(13-28(19)41)12-26-18-39(17-21-6-7-27-22(11-21)3-2-8-38-27)9-10-40(26)29(42)23-14-24(30(32,33)34)16-25(15-23)31(35,36)37;;/h2-8,11,13-16,26,41H,9-10,12,17-18H2,1H3;2*1H/t26-;;/m1../s1. The van der Waals surface area contributed by atoms with Gasteiger partial charge in [-0.2, -0.15) is 26.3 Å². The van der Waals surface area contributed by atoms with E-state index < -0.39 is 41.0 Å². The van der Waals surface area contributed by atoms with Crippen molar-refractivity contribution < 1.29 is 36.2 Å². The third-order valence-electron chi connectivity index (χ3n) is 7.48. The van der Waals surface area contributed by atoms with E-state index in [4.69, 9.17) is 0 Å². The number of nitrogens with zero attached hydrogens (tertiary/aromatic N) is 3. The van der Waals surface area contributed by atoms with Gasteiger partial charge in [0.15, 0.2) is 0 Å². The van der Waals surface area contributed by atoms with Gasteiger partial charge in [0.25, 0.3) is 5.91 Å². The van der Waals surface area contributed by atoms with Crippen molar-refractivity contribution in [1.82, 2.24) is 14.8 Å². The van der Waals surface area contributed by atoms with Gasteiger partial charge in [0.2, 0.25) is 0 Å². The number of phenolic OH excluding ortho intramolecular Hbond substituents is 1. The van der Waals surface area contributed by atoms with Crippen LogP contribution in [0.4, 0.5) is 26.3 Å². The van der Waals surface area contributed by atoms with Gasteiger partial charge in [-0.15, -0.1) is 24.8 Å². The molecular formula is C31H29Cl2F6N3O2. The van der Waals surface area contributed by atoms with Crippen LogP contribution in [0, 0.1) is 6.92 Å². The average Bonchev–Trinajstić information content (AvgIpc) is 2.93. The van der Waals surface area contributed by atoms with Crippen LogP contribution in [-0.2, 0) is 25.3 Å². The van der Waals surface area contributed by atoms with E-state index in [1.54, 1.807) is 31.3 Å². The number of alkyl halides is 6. The predicted molar refractivity (Wildman–Crippen MR) is 159 cm³/mol. The zero-order valence-corrected chi connectivity index (χ0v) is 25.0. The van der Waals surface area contributed by atoms with Crippen molar-refractivity contribution in [2.45, 2.75) is 38.3 Å². The fourth-order valence-corrected chi connectivity index (χ4v) is 5.29. The Hall–Kier alpha value is -3.54. The molecule has 5 rings (SSSR count). The van der Waals surface area contributed by atoms with Gasteiger partial charge in [-0.1, -0.05) is 24.3 Å². The molecule has 1 amide bonds. The Bertz CT molecular complexity index is 1600. The van der Waals surface area contributed by atoms with Gasteiger partial charge in [-0.25, -0.2) is 0 Å². The summed E-state index contributed by atoms with van der Waals surface area (Å²) in [5.74, 6) is -0.861. The first-order valence-corrected chi connectivity index (χ1v) is 13.2. The molecule has 1 aliphatic heterocycles. The fourth-order valence-electron chi connectivity index (χ4n) is 5.29. The third-order valence-corrected chi connectivity index (χ3v) is 7.48. The van der Waals surface area contributed by atoms with Gasteiger partial charge >= 0.3 is 12.4 Å². The van der Waals surface area contributed by atoms with E-state index in [2.05, 4.69) is 9.88 Å². The van der Waals surface area contributed by atoms with Gasteiger partial charge in [0.05, 0.1) is 16.6 Å². The van der Waals surface area contributed by atoms with Gasteiger partial charge in [-0.05, 0) is 72.5 Å². The van der Waals surface area contributed by atoms with Crippen molar-refractivity contribution >= 4 is 41.6 Å². The van der Waals surface area contributed by atoms with Crippen LogP contribution in [0.2, 0.25) is 0 Å². The first kappa shape index (κ1) is 34.9. The van der Waals surface area contributed by atoms with Gasteiger partial charge in [0, 0.05) is 49.4 Å². The average molecular weight is 660 g/mol. The van der Waals surface area contributed by atoms with Crippen LogP contribution in [0.5, 0.6) is 5.75 Å². The van der Waals surface area contributed by atoms with Crippen molar-refractivity contribution in [2.75, 3.05) is 19.6 Å². The molecule has 1 saturated heterocycles. The zero-order chi connectivity index (χ0) is 30.2. The number of halogens is 8. The van der Waals surface area contributed by atoms with Crippen molar-refractivity contribution in [3.8, 4) is 5.75 Å². The van der Waals surface area contributed by atoms with Crippen molar-refractivity contribution in [2.24, 2.45) is 0 Å². The molecular weight excluding hydrogens is 631 g/mol.